The van der Waals surface area contributed by atoms with E-state index in [1.165, 1.54) is 0 Å². The van der Waals surface area contributed by atoms with Crippen LogP contribution in [0.4, 0.5) is 0 Å². The van der Waals surface area contributed by atoms with Gasteiger partial charge in [-0.1, -0.05) is 53.7 Å². The Morgan fingerprint density at radius 3 is 2.00 bits per heavy atom. The van der Waals surface area contributed by atoms with Crippen LogP contribution in [-0.2, 0) is 9.16 Å². The molecule has 3 nitrogen and oxygen atoms in total. The molecule has 0 fully saturated rings. The Hall–Kier alpha value is -0.423. The number of aliphatic hydroxyl groups is 1. The first-order chi connectivity index (χ1) is 10.8. The lowest BCUT2D eigenvalue weighted by molar-refractivity contribution is 0.00566. The molecule has 0 spiro atoms. The summed E-state index contributed by atoms with van der Waals surface area (Å²) in [7, 11) is -0.251. The van der Waals surface area contributed by atoms with Crippen molar-refractivity contribution in [2.24, 2.45) is 11.8 Å². The van der Waals surface area contributed by atoms with Gasteiger partial charge in [-0.25, -0.2) is 0 Å². The maximum absolute atomic E-state index is 10.3. The molecule has 0 saturated heterocycles. The maximum atomic E-state index is 10.3. The summed E-state index contributed by atoms with van der Waals surface area (Å²) < 4.78 is 12.3. The van der Waals surface area contributed by atoms with Crippen molar-refractivity contribution in [3.05, 3.63) is 24.3 Å². The van der Waals surface area contributed by atoms with Crippen LogP contribution in [-0.4, -0.2) is 38.8 Å². The van der Waals surface area contributed by atoms with Crippen LogP contribution >= 0.6 is 0 Å². The summed E-state index contributed by atoms with van der Waals surface area (Å²) in [5, 5.41) is 10.4. The Bertz CT molecular complexity index is 421. The predicted molar refractivity (Wildman–Crippen MR) is 107 cm³/mol. The van der Waals surface area contributed by atoms with Crippen molar-refractivity contribution < 1.29 is 14.3 Å². The molecule has 0 amide bonds. The molecule has 4 heteroatoms. The van der Waals surface area contributed by atoms with Crippen molar-refractivity contribution in [2.45, 2.75) is 84.9 Å². The van der Waals surface area contributed by atoms with E-state index in [4.69, 9.17) is 9.16 Å². The van der Waals surface area contributed by atoms with Crippen molar-refractivity contribution in [3.63, 3.8) is 0 Å². The highest BCUT2D eigenvalue weighted by molar-refractivity contribution is 6.74. The first-order valence-corrected chi connectivity index (χ1v) is 11.9. The molecule has 0 saturated carbocycles. The lowest BCUT2D eigenvalue weighted by atomic mass is 9.93. The molecule has 0 aliphatic heterocycles. The monoisotopic (exact) mass is 356 g/mol. The van der Waals surface area contributed by atoms with Crippen molar-refractivity contribution in [1.29, 1.82) is 0 Å². The first-order valence-electron chi connectivity index (χ1n) is 8.98. The van der Waals surface area contributed by atoms with Crippen LogP contribution < -0.4 is 0 Å². The summed E-state index contributed by atoms with van der Waals surface area (Å²) in [5.74, 6) is 0.321. The molecule has 0 aromatic rings. The van der Waals surface area contributed by atoms with Gasteiger partial charge in [0.05, 0.1) is 12.2 Å². The van der Waals surface area contributed by atoms with Gasteiger partial charge in [-0.15, -0.1) is 6.58 Å². The number of methoxy groups -OCH3 is 1. The molecule has 0 radical (unpaired) electrons. The Morgan fingerprint density at radius 2 is 1.67 bits per heavy atom. The molecule has 0 rings (SSSR count). The van der Waals surface area contributed by atoms with E-state index >= 15 is 0 Å². The Labute approximate surface area is 151 Å². The van der Waals surface area contributed by atoms with Crippen LogP contribution in [0.1, 0.15) is 48.5 Å². The van der Waals surface area contributed by atoms with Gasteiger partial charge in [0.2, 0.25) is 0 Å². The second kappa shape index (κ2) is 9.32. The van der Waals surface area contributed by atoms with Gasteiger partial charge in [-0.05, 0) is 36.5 Å². The van der Waals surface area contributed by atoms with Crippen molar-refractivity contribution >= 4 is 8.32 Å². The zero-order valence-corrected chi connectivity index (χ0v) is 18.5. The average molecular weight is 357 g/mol. The molecule has 1 N–H and O–H groups in total. The van der Waals surface area contributed by atoms with E-state index < -0.39 is 14.4 Å². The SMILES string of the molecule is C=C[C@H](OC)[C@@H](O[Si](C)(C)C(C)(C)C)C(C)C=C(C)C(O)C(C)C. The third-order valence-corrected chi connectivity index (χ3v) is 9.68. The lowest BCUT2D eigenvalue weighted by Gasteiger charge is -2.42. The summed E-state index contributed by atoms with van der Waals surface area (Å²) in [6.45, 7) is 23.3. The predicted octanol–water partition coefficient (Wildman–Crippen LogP) is 5.18. The summed E-state index contributed by atoms with van der Waals surface area (Å²) >= 11 is 0. The molecule has 0 aliphatic carbocycles. The Morgan fingerprint density at radius 1 is 1.17 bits per heavy atom. The quantitative estimate of drug-likeness (QED) is 0.457. The molecule has 142 valence electrons. The minimum Gasteiger partial charge on any atom is -0.410 e. The summed E-state index contributed by atoms with van der Waals surface area (Å²) in [6.07, 6.45) is 3.23. The van der Waals surface area contributed by atoms with E-state index in [1.807, 2.05) is 26.8 Å². The van der Waals surface area contributed by atoms with Gasteiger partial charge in [0.1, 0.15) is 6.10 Å². The maximum Gasteiger partial charge on any atom is 0.192 e. The number of ether oxygens (including phenoxy) is 1. The van der Waals surface area contributed by atoms with E-state index in [0.29, 0.717) is 0 Å². The lowest BCUT2D eigenvalue weighted by Crippen LogP contribution is -2.49. The third-order valence-electron chi connectivity index (χ3n) is 5.21. The highest BCUT2D eigenvalue weighted by atomic mass is 28.4. The van der Waals surface area contributed by atoms with E-state index in [-0.39, 0.29) is 29.1 Å². The number of hydrogen-bond acceptors (Lipinski definition) is 3. The van der Waals surface area contributed by atoms with E-state index in [2.05, 4.69) is 53.4 Å². The zero-order chi connectivity index (χ0) is 19.3. The van der Waals surface area contributed by atoms with E-state index in [9.17, 15) is 5.11 Å². The van der Waals surface area contributed by atoms with Gasteiger partial charge >= 0.3 is 0 Å². The summed E-state index contributed by atoms with van der Waals surface area (Å²) in [6, 6.07) is 0. The normalized spacial score (nSPS) is 19.1. The van der Waals surface area contributed by atoms with E-state index in [1.54, 1.807) is 7.11 Å². The second-order valence-corrected chi connectivity index (χ2v) is 13.5. The molecule has 0 aromatic carbocycles. The van der Waals surface area contributed by atoms with Crippen LogP contribution in [0, 0.1) is 11.8 Å². The van der Waals surface area contributed by atoms with Gasteiger partial charge in [-0.2, -0.15) is 0 Å². The van der Waals surface area contributed by atoms with Crippen LogP contribution in [0.15, 0.2) is 24.3 Å². The van der Waals surface area contributed by atoms with Gasteiger partial charge in [0.15, 0.2) is 8.32 Å². The van der Waals surface area contributed by atoms with Gasteiger partial charge in [0.25, 0.3) is 0 Å². The first kappa shape index (κ1) is 23.6. The fraction of sp³-hybridized carbons (Fsp3) is 0.800. The highest BCUT2D eigenvalue weighted by Gasteiger charge is 2.41. The molecule has 0 bridgehead atoms. The summed E-state index contributed by atoms with van der Waals surface area (Å²) in [5.41, 5.74) is 0.986. The van der Waals surface area contributed by atoms with Gasteiger partial charge < -0.3 is 14.3 Å². The number of hydrogen-bond donors (Lipinski definition) is 1. The number of aliphatic hydroxyl groups excluding tert-OH is 1. The molecule has 2 unspecified atom stereocenters. The molecular formula is C20H40O3Si. The van der Waals surface area contributed by atoms with Crippen LogP contribution in [0.5, 0.6) is 0 Å². The van der Waals surface area contributed by atoms with Crippen molar-refractivity contribution in [3.8, 4) is 0 Å². The zero-order valence-electron chi connectivity index (χ0n) is 17.5. The van der Waals surface area contributed by atoms with Crippen LogP contribution in [0.3, 0.4) is 0 Å². The van der Waals surface area contributed by atoms with Gasteiger partial charge in [0, 0.05) is 13.0 Å². The van der Waals surface area contributed by atoms with Crippen molar-refractivity contribution in [1.82, 2.24) is 0 Å². The number of rotatable bonds is 9. The fourth-order valence-electron chi connectivity index (χ4n) is 2.49. The van der Waals surface area contributed by atoms with Crippen LogP contribution in [0.25, 0.3) is 0 Å². The Kier molecular flexibility index (Phi) is 9.16. The molecular weight excluding hydrogens is 316 g/mol. The molecule has 4 atom stereocenters. The third kappa shape index (κ3) is 6.47. The smallest absolute Gasteiger partial charge is 0.192 e. The Balaban J connectivity index is 5.58. The summed E-state index contributed by atoms with van der Waals surface area (Å²) in [4.78, 5) is 0. The highest BCUT2D eigenvalue weighted by Crippen LogP contribution is 2.39. The standard InChI is InChI=1S/C20H40O3Si/c1-12-17(22-9)19(23-24(10,11)20(6,7)8)16(5)13-15(4)18(21)14(2)3/h12-14,16-19,21H,1H2,2-11H3/t16?,17-,18?,19-/m0/s1. The molecule has 0 aliphatic rings. The minimum absolute atomic E-state index is 0.109. The van der Waals surface area contributed by atoms with Gasteiger partial charge in [-0.3, -0.25) is 0 Å². The largest absolute Gasteiger partial charge is 0.410 e. The molecule has 0 heterocycles. The average Bonchev–Trinajstić information content (AvgIpc) is 2.44. The molecule has 0 aromatic heterocycles. The van der Waals surface area contributed by atoms with E-state index in [0.717, 1.165) is 5.57 Å². The fourth-order valence-corrected chi connectivity index (χ4v) is 3.87. The van der Waals surface area contributed by atoms with Crippen molar-refractivity contribution in [2.75, 3.05) is 7.11 Å². The topological polar surface area (TPSA) is 38.7 Å². The second-order valence-electron chi connectivity index (χ2n) is 8.74. The molecule has 24 heavy (non-hydrogen) atoms. The minimum atomic E-state index is -1.95. The van der Waals surface area contributed by atoms with Crippen LogP contribution in [0.2, 0.25) is 18.1 Å².